The van der Waals surface area contributed by atoms with Crippen molar-refractivity contribution >= 4 is 22.6 Å². The van der Waals surface area contributed by atoms with Crippen molar-refractivity contribution in [1.29, 1.82) is 0 Å². The van der Waals surface area contributed by atoms with Crippen molar-refractivity contribution in [2.24, 2.45) is 0 Å². The number of hydrogen-bond donors (Lipinski definition) is 0. The highest BCUT2D eigenvalue weighted by Gasteiger charge is 1.92. The number of alkyl halides is 1. The number of halogens is 1. The smallest absolute Gasteiger partial charge is 0.000473 e. The third-order valence-electron chi connectivity index (χ3n) is 2.44. The normalized spacial score (nSPS) is 10.4. The van der Waals surface area contributed by atoms with Gasteiger partial charge in [0, 0.05) is 0 Å². The molecule has 1 heteroatoms. The summed E-state index contributed by atoms with van der Waals surface area (Å²) in [5.74, 6) is 0. The summed E-state index contributed by atoms with van der Waals surface area (Å²) in [6.45, 7) is 0. The Balaban J connectivity index is 1.99. The molecule has 0 saturated carbocycles. The second-order valence-corrected chi connectivity index (χ2v) is 4.77. The Morgan fingerprint density at radius 3 is 2.14 bits per heavy atom. The minimum absolute atomic E-state index is 1.26. The van der Waals surface area contributed by atoms with Gasteiger partial charge in [-0.2, -0.15) is 0 Å². The van der Waals surface area contributed by atoms with E-state index in [0.29, 0.717) is 0 Å². The second kappa shape index (κ2) is 8.27. The van der Waals surface area contributed by atoms with E-state index in [2.05, 4.69) is 52.9 Å². The van der Waals surface area contributed by atoms with Gasteiger partial charge in [-0.3, -0.25) is 0 Å². The van der Waals surface area contributed by atoms with Crippen molar-refractivity contribution in [2.45, 2.75) is 38.5 Å². The van der Waals surface area contributed by atoms with E-state index in [9.17, 15) is 0 Å². The molecule has 0 unspecified atom stereocenters. The molecular formula is C13H19I. The molecule has 0 aliphatic heterocycles. The lowest BCUT2D eigenvalue weighted by Crippen LogP contribution is -1.85. The Kier molecular flexibility index (Phi) is 7.10. The van der Waals surface area contributed by atoms with Crippen LogP contribution in [0.15, 0.2) is 30.3 Å². The van der Waals surface area contributed by atoms with Crippen LogP contribution in [-0.4, -0.2) is 4.43 Å². The van der Waals surface area contributed by atoms with Gasteiger partial charge in [-0.1, -0.05) is 72.2 Å². The van der Waals surface area contributed by atoms with Crippen molar-refractivity contribution in [3.05, 3.63) is 35.9 Å². The molecule has 0 radical (unpaired) electrons. The van der Waals surface area contributed by atoms with E-state index in [0.717, 1.165) is 0 Å². The van der Waals surface area contributed by atoms with Crippen molar-refractivity contribution in [3.8, 4) is 0 Å². The van der Waals surface area contributed by atoms with E-state index in [1.54, 1.807) is 0 Å². The Labute approximate surface area is 101 Å². The monoisotopic (exact) mass is 302 g/mol. The van der Waals surface area contributed by atoms with Gasteiger partial charge in [-0.25, -0.2) is 0 Å². The summed E-state index contributed by atoms with van der Waals surface area (Å²) in [7, 11) is 0. The number of unbranched alkanes of at least 4 members (excludes halogenated alkanes) is 4. The molecule has 78 valence electrons. The van der Waals surface area contributed by atoms with Crippen LogP contribution in [0.25, 0.3) is 0 Å². The zero-order chi connectivity index (χ0) is 10.1. The van der Waals surface area contributed by atoms with Gasteiger partial charge in [0.1, 0.15) is 0 Å². The highest BCUT2D eigenvalue weighted by Crippen LogP contribution is 2.09. The maximum Gasteiger partial charge on any atom is -0.000473 e. The van der Waals surface area contributed by atoms with E-state index in [-0.39, 0.29) is 0 Å². The molecule has 0 aliphatic rings. The van der Waals surface area contributed by atoms with Gasteiger partial charge in [-0.15, -0.1) is 0 Å². The highest BCUT2D eigenvalue weighted by molar-refractivity contribution is 14.1. The summed E-state index contributed by atoms with van der Waals surface area (Å²) in [4.78, 5) is 0. The number of aryl methyl sites for hydroxylation is 1. The van der Waals surface area contributed by atoms with Crippen LogP contribution in [0.3, 0.4) is 0 Å². The van der Waals surface area contributed by atoms with Crippen LogP contribution in [-0.2, 0) is 6.42 Å². The standard InChI is InChI=1S/C13H19I/c14-12-8-3-1-2-5-9-13-10-6-4-7-11-13/h4,6-7,10-11H,1-3,5,8-9,12H2. The zero-order valence-electron chi connectivity index (χ0n) is 8.71. The summed E-state index contributed by atoms with van der Waals surface area (Å²) >= 11 is 2.46. The summed E-state index contributed by atoms with van der Waals surface area (Å²) in [5.41, 5.74) is 1.49. The average Bonchev–Trinajstić information content (AvgIpc) is 2.25. The first-order chi connectivity index (χ1) is 6.93. The number of hydrogen-bond acceptors (Lipinski definition) is 0. The summed E-state index contributed by atoms with van der Waals surface area (Å²) in [5, 5.41) is 0. The Bertz CT molecular complexity index is 218. The average molecular weight is 302 g/mol. The van der Waals surface area contributed by atoms with Crippen LogP contribution in [0.1, 0.15) is 37.7 Å². The van der Waals surface area contributed by atoms with Crippen LogP contribution in [0.2, 0.25) is 0 Å². The first-order valence-electron chi connectivity index (χ1n) is 5.53. The van der Waals surface area contributed by atoms with Gasteiger partial charge in [0.05, 0.1) is 0 Å². The van der Waals surface area contributed by atoms with E-state index >= 15 is 0 Å². The molecule has 0 atom stereocenters. The molecule has 0 amide bonds. The fourth-order valence-electron chi connectivity index (χ4n) is 1.60. The van der Waals surface area contributed by atoms with Crippen molar-refractivity contribution in [3.63, 3.8) is 0 Å². The molecule has 0 heterocycles. The minimum Gasteiger partial charge on any atom is -0.0864 e. The lowest BCUT2D eigenvalue weighted by Gasteiger charge is -2.01. The van der Waals surface area contributed by atoms with Gasteiger partial charge in [0.2, 0.25) is 0 Å². The molecule has 0 fully saturated rings. The maximum absolute atomic E-state index is 2.46. The van der Waals surface area contributed by atoms with Crippen LogP contribution in [0.4, 0.5) is 0 Å². The molecule has 0 N–H and O–H groups in total. The van der Waals surface area contributed by atoms with Crippen LogP contribution in [0.5, 0.6) is 0 Å². The largest absolute Gasteiger partial charge is 0.0864 e. The molecule has 0 aliphatic carbocycles. The number of rotatable bonds is 7. The first-order valence-corrected chi connectivity index (χ1v) is 7.06. The Morgan fingerprint density at radius 1 is 0.786 bits per heavy atom. The summed E-state index contributed by atoms with van der Waals surface area (Å²) in [6.07, 6.45) is 8.22. The quantitative estimate of drug-likeness (QED) is 0.392. The molecule has 14 heavy (non-hydrogen) atoms. The molecular weight excluding hydrogens is 283 g/mol. The van der Waals surface area contributed by atoms with Gasteiger partial charge in [0.25, 0.3) is 0 Å². The lowest BCUT2D eigenvalue weighted by atomic mass is 10.1. The highest BCUT2D eigenvalue weighted by atomic mass is 127. The van der Waals surface area contributed by atoms with Gasteiger partial charge >= 0.3 is 0 Å². The fraction of sp³-hybridized carbons (Fsp3) is 0.538. The topological polar surface area (TPSA) is 0 Å². The first kappa shape index (κ1) is 12.0. The fourth-order valence-corrected chi connectivity index (χ4v) is 2.14. The van der Waals surface area contributed by atoms with E-state index < -0.39 is 0 Å². The summed E-state index contributed by atoms with van der Waals surface area (Å²) in [6, 6.07) is 10.8. The lowest BCUT2D eigenvalue weighted by molar-refractivity contribution is 0.636. The molecule has 1 aromatic carbocycles. The third kappa shape index (κ3) is 5.63. The molecule has 0 bridgehead atoms. The third-order valence-corrected chi connectivity index (χ3v) is 3.20. The molecule has 1 aromatic rings. The number of benzene rings is 1. The predicted octanol–water partition coefficient (Wildman–Crippen LogP) is 4.61. The Hall–Kier alpha value is -0.0500. The van der Waals surface area contributed by atoms with Crippen LogP contribution >= 0.6 is 22.6 Å². The van der Waals surface area contributed by atoms with Crippen LogP contribution < -0.4 is 0 Å². The SMILES string of the molecule is ICCCCCCCc1ccccc1. The predicted molar refractivity (Wildman–Crippen MR) is 72.1 cm³/mol. The molecule has 0 saturated heterocycles. The van der Waals surface area contributed by atoms with Gasteiger partial charge < -0.3 is 0 Å². The summed E-state index contributed by atoms with van der Waals surface area (Å²) < 4.78 is 1.32. The molecule has 1 rings (SSSR count). The van der Waals surface area contributed by atoms with Crippen LogP contribution in [0, 0.1) is 0 Å². The minimum atomic E-state index is 1.26. The maximum atomic E-state index is 2.46. The van der Waals surface area contributed by atoms with E-state index in [4.69, 9.17) is 0 Å². The molecule has 0 spiro atoms. The van der Waals surface area contributed by atoms with Crippen molar-refractivity contribution < 1.29 is 0 Å². The van der Waals surface area contributed by atoms with Gasteiger partial charge in [-0.05, 0) is 29.3 Å². The van der Waals surface area contributed by atoms with Crippen molar-refractivity contribution in [1.82, 2.24) is 0 Å². The van der Waals surface area contributed by atoms with E-state index in [1.807, 2.05) is 0 Å². The van der Waals surface area contributed by atoms with Crippen molar-refractivity contribution in [2.75, 3.05) is 4.43 Å². The second-order valence-electron chi connectivity index (χ2n) is 3.69. The zero-order valence-corrected chi connectivity index (χ0v) is 10.9. The Morgan fingerprint density at radius 2 is 1.43 bits per heavy atom. The molecule has 0 nitrogen and oxygen atoms in total. The van der Waals surface area contributed by atoms with Gasteiger partial charge in [0.15, 0.2) is 0 Å². The molecule has 0 aromatic heterocycles. The van der Waals surface area contributed by atoms with E-state index in [1.165, 1.54) is 48.5 Å².